The topological polar surface area (TPSA) is 55.2 Å². The first-order chi connectivity index (χ1) is 8.58. The van der Waals surface area contributed by atoms with Gasteiger partial charge in [0.15, 0.2) is 0 Å². The van der Waals surface area contributed by atoms with Crippen LogP contribution in [-0.4, -0.2) is 4.92 Å². The first-order valence-electron chi connectivity index (χ1n) is 5.32. The van der Waals surface area contributed by atoms with Crippen molar-refractivity contribution >= 4 is 22.7 Å². The minimum Gasteiger partial charge on any atom is -0.377 e. The highest BCUT2D eigenvalue weighted by Gasteiger charge is 2.15. The summed E-state index contributed by atoms with van der Waals surface area (Å²) in [7, 11) is 0. The Morgan fingerprint density at radius 2 is 2.22 bits per heavy atom. The van der Waals surface area contributed by atoms with Gasteiger partial charge in [-0.1, -0.05) is 6.07 Å². The summed E-state index contributed by atoms with van der Waals surface area (Å²) >= 11 is 1.59. The van der Waals surface area contributed by atoms with Gasteiger partial charge >= 0.3 is 5.69 Å². The maximum absolute atomic E-state index is 13.2. The van der Waals surface area contributed by atoms with Crippen LogP contribution in [-0.2, 0) is 0 Å². The molecule has 1 atom stereocenters. The van der Waals surface area contributed by atoms with Crippen molar-refractivity contribution in [3.63, 3.8) is 0 Å². The maximum atomic E-state index is 13.2. The van der Waals surface area contributed by atoms with Crippen molar-refractivity contribution in [2.45, 2.75) is 13.0 Å². The molecule has 0 fully saturated rings. The molecule has 1 aromatic carbocycles. The molecule has 0 radical (unpaired) electrons. The van der Waals surface area contributed by atoms with Crippen LogP contribution in [0, 0.1) is 15.9 Å². The summed E-state index contributed by atoms with van der Waals surface area (Å²) in [6, 6.07) is 7.73. The summed E-state index contributed by atoms with van der Waals surface area (Å²) in [6.07, 6.45) is 0. The highest BCUT2D eigenvalue weighted by molar-refractivity contribution is 7.10. The number of anilines is 1. The lowest BCUT2D eigenvalue weighted by Crippen LogP contribution is -2.05. The fourth-order valence-electron chi connectivity index (χ4n) is 1.60. The van der Waals surface area contributed by atoms with Crippen molar-refractivity contribution in [3.05, 3.63) is 56.5 Å². The molecule has 0 aliphatic rings. The number of nitro benzene ring substituents is 1. The van der Waals surface area contributed by atoms with Crippen LogP contribution in [0.4, 0.5) is 15.8 Å². The van der Waals surface area contributed by atoms with Gasteiger partial charge in [-0.15, -0.1) is 11.3 Å². The van der Waals surface area contributed by atoms with Gasteiger partial charge in [0.05, 0.1) is 11.0 Å². The third kappa shape index (κ3) is 2.65. The molecule has 0 amide bonds. The average molecular weight is 266 g/mol. The van der Waals surface area contributed by atoms with Gasteiger partial charge < -0.3 is 5.32 Å². The second-order valence-electron chi connectivity index (χ2n) is 3.80. The molecular formula is C12H11FN2O2S. The molecule has 0 spiro atoms. The molecule has 4 nitrogen and oxygen atoms in total. The number of thiophene rings is 1. The monoisotopic (exact) mass is 266 g/mol. The van der Waals surface area contributed by atoms with Crippen LogP contribution < -0.4 is 5.32 Å². The highest BCUT2D eigenvalue weighted by Crippen LogP contribution is 2.26. The summed E-state index contributed by atoms with van der Waals surface area (Å²) in [4.78, 5) is 11.0. The molecule has 0 aliphatic heterocycles. The normalized spacial score (nSPS) is 12.1. The lowest BCUT2D eigenvalue weighted by atomic mass is 10.2. The molecule has 0 bridgehead atoms. The second-order valence-corrected chi connectivity index (χ2v) is 4.78. The minimum absolute atomic E-state index is 0.0232. The zero-order valence-electron chi connectivity index (χ0n) is 9.59. The van der Waals surface area contributed by atoms with E-state index in [0.29, 0.717) is 5.69 Å². The molecule has 0 saturated carbocycles. The fraction of sp³-hybridized carbons (Fsp3) is 0.167. The molecule has 18 heavy (non-hydrogen) atoms. The Balaban J connectivity index is 2.20. The summed E-state index contributed by atoms with van der Waals surface area (Å²) in [5.74, 6) is -0.825. The molecule has 1 unspecified atom stereocenters. The van der Waals surface area contributed by atoms with Crippen molar-refractivity contribution in [2.24, 2.45) is 0 Å². The summed E-state index contributed by atoms with van der Waals surface area (Å²) in [6.45, 7) is 1.95. The van der Waals surface area contributed by atoms with Crippen molar-refractivity contribution in [2.75, 3.05) is 5.32 Å². The predicted octanol–water partition coefficient (Wildman–Crippen LogP) is 3.97. The Kier molecular flexibility index (Phi) is 3.57. The molecule has 2 aromatic rings. The van der Waals surface area contributed by atoms with E-state index in [9.17, 15) is 14.5 Å². The number of nitrogens with one attached hydrogen (secondary N) is 1. The van der Waals surface area contributed by atoms with E-state index in [0.717, 1.165) is 10.9 Å². The molecule has 1 N–H and O–H groups in total. The van der Waals surface area contributed by atoms with Crippen LogP contribution in [0.3, 0.4) is 0 Å². The van der Waals surface area contributed by atoms with Gasteiger partial charge in [0.25, 0.3) is 0 Å². The molecule has 0 aliphatic carbocycles. The van der Waals surface area contributed by atoms with Crippen molar-refractivity contribution in [3.8, 4) is 0 Å². The molecule has 2 rings (SSSR count). The third-order valence-corrected chi connectivity index (χ3v) is 3.55. The largest absolute Gasteiger partial charge is 0.377 e. The van der Waals surface area contributed by atoms with Gasteiger partial charge in [-0.05, 0) is 30.5 Å². The highest BCUT2D eigenvalue weighted by atomic mass is 32.1. The van der Waals surface area contributed by atoms with E-state index in [1.165, 1.54) is 12.1 Å². The van der Waals surface area contributed by atoms with Gasteiger partial charge in [0, 0.05) is 16.6 Å². The van der Waals surface area contributed by atoms with E-state index in [1.54, 1.807) is 11.3 Å². The van der Waals surface area contributed by atoms with Gasteiger partial charge in [-0.3, -0.25) is 10.1 Å². The Bertz CT molecular complexity index is 557. The van der Waals surface area contributed by atoms with E-state index >= 15 is 0 Å². The van der Waals surface area contributed by atoms with Gasteiger partial charge in [0.1, 0.15) is 0 Å². The zero-order chi connectivity index (χ0) is 13.1. The van der Waals surface area contributed by atoms with Gasteiger partial charge in [-0.25, -0.2) is 0 Å². The van der Waals surface area contributed by atoms with E-state index in [2.05, 4.69) is 5.32 Å². The quantitative estimate of drug-likeness (QED) is 0.673. The number of hydrogen-bond donors (Lipinski definition) is 1. The maximum Gasteiger partial charge on any atom is 0.306 e. The second kappa shape index (κ2) is 5.14. The number of rotatable bonds is 4. The van der Waals surface area contributed by atoms with Gasteiger partial charge in [0.2, 0.25) is 5.82 Å². The molecule has 1 aromatic heterocycles. The van der Waals surface area contributed by atoms with Crippen LogP contribution in [0.1, 0.15) is 17.8 Å². The van der Waals surface area contributed by atoms with Crippen LogP contribution >= 0.6 is 11.3 Å². The Labute approximate surface area is 107 Å². The van der Waals surface area contributed by atoms with Crippen LogP contribution in [0.2, 0.25) is 0 Å². The Morgan fingerprint density at radius 1 is 1.44 bits per heavy atom. The fourth-order valence-corrected chi connectivity index (χ4v) is 2.34. The Morgan fingerprint density at radius 3 is 2.83 bits per heavy atom. The number of benzene rings is 1. The van der Waals surface area contributed by atoms with E-state index in [4.69, 9.17) is 0 Å². The Hall–Kier alpha value is -1.95. The lowest BCUT2D eigenvalue weighted by molar-refractivity contribution is -0.387. The average Bonchev–Trinajstić information content (AvgIpc) is 2.85. The third-order valence-electron chi connectivity index (χ3n) is 2.50. The standard InChI is InChI=1S/C12H11FN2O2S/c1-8(12-3-2-6-18-12)14-9-4-5-10(13)11(7-9)15(16)17/h2-8,14H,1H3. The number of hydrogen-bond acceptors (Lipinski definition) is 4. The number of nitrogens with zero attached hydrogens (tertiary/aromatic N) is 1. The minimum atomic E-state index is -0.825. The van der Waals surface area contributed by atoms with Crippen molar-refractivity contribution in [1.82, 2.24) is 0 Å². The zero-order valence-corrected chi connectivity index (χ0v) is 10.4. The molecular weight excluding hydrogens is 255 g/mol. The lowest BCUT2D eigenvalue weighted by Gasteiger charge is -2.13. The van der Waals surface area contributed by atoms with Crippen LogP contribution in [0.25, 0.3) is 0 Å². The SMILES string of the molecule is CC(Nc1ccc(F)c([N+](=O)[O-])c1)c1cccs1. The number of nitro groups is 1. The number of halogens is 1. The first kappa shape index (κ1) is 12.5. The van der Waals surface area contributed by atoms with E-state index in [1.807, 2.05) is 24.4 Å². The van der Waals surface area contributed by atoms with Crippen molar-refractivity contribution in [1.29, 1.82) is 0 Å². The summed E-state index contributed by atoms with van der Waals surface area (Å²) < 4.78 is 13.2. The van der Waals surface area contributed by atoms with Crippen LogP contribution in [0.15, 0.2) is 35.7 Å². The van der Waals surface area contributed by atoms with Crippen LogP contribution in [0.5, 0.6) is 0 Å². The van der Waals surface area contributed by atoms with Crippen molar-refractivity contribution < 1.29 is 9.31 Å². The summed E-state index contributed by atoms with van der Waals surface area (Å²) in [5, 5.41) is 15.7. The molecule has 0 saturated heterocycles. The summed E-state index contributed by atoms with van der Waals surface area (Å²) in [5.41, 5.74) is 0.0161. The predicted molar refractivity (Wildman–Crippen MR) is 69.4 cm³/mol. The first-order valence-corrected chi connectivity index (χ1v) is 6.20. The molecule has 94 valence electrons. The van der Waals surface area contributed by atoms with E-state index < -0.39 is 16.4 Å². The molecule has 6 heteroatoms. The van der Waals surface area contributed by atoms with E-state index in [-0.39, 0.29) is 6.04 Å². The van der Waals surface area contributed by atoms with Gasteiger partial charge in [-0.2, -0.15) is 4.39 Å². The molecule has 1 heterocycles. The smallest absolute Gasteiger partial charge is 0.306 e.